The molecule has 0 aromatic heterocycles. The van der Waals surface area contributed by atoms with Crippen LogP contribution in [0.2, 0.25) is 0 Å². The van der Waals surface area contributed by atoms with Crippen molar-refractivity contribution in [3.8, 4) is 0 Å². The van der Waals surface area contributed by atoms with Crippen molar-refractivity contribution in [3.05, 3.63) is 0 Å². The number of hydrogen-bond donors (Lipinski definition) is 0. The molecule has 1 unspecified atom stereocenters. The summed E-state index contributed by atoms with van der Waals surface area (Å²) >= 11 is 0. The number of carbonyl (C=O) groups excluding carboxylic acids is 2. The molecule has 1 heterocycles. The number of esters is 1. The van der Waals surface area contributed by atoms with Crippen molar-refractivity contribution in [2.45, 2.75) is 70.4 Å². The molecule has 1 aliphatic heterocycles. The molecule has 5 nitrogen and oxygen atoms in total. The quantitative estimate of drug-likeness (QED) is 0.698. The number of likely N-dealkylation sites (tertiary alicyclic amines) is 1. The van der Waals surface area contributed by atoms with Gasteiger partial charge in [-0.2, -0.15) is 0 Å². The van der Waals surface area contributed by atoms with Gasteiger partial charge in [-0.1, -0.05) is 12.8 Å². The number of nitrogens with zero attached hydrogens (tertiary/aromatic N) is 1. The third-order valence-electron chi connectivity index (χ3n) is 4.62. The zero-order chi connectivity index (χ0) is 15.7. The molecule has 1 saturated carbocycles. The van der Waals surface area contributed by atoms with Crippen LogP contribution in [0.3, 0.4) is 0 Å². The molecule has 0 radical (unpaired) electrons. The fraction of sp³-hybridized carbons (Fsp3) is 0.875. The molecular formula is C16H27NO4. The van der Waals surface area contributed by atoms with Gasteiger partial charge in [0.15, 0.2) is 0 Å². The Hall–Kier alpha value is -1.26. The van der Waals surface area contributed by atoms with E-state index in [1.807, 2.05) is 25.7 Å². The summed E-state index contributed by atoms with van der Waals surface area (Å²) in [6.07, 6.45) is 5.68. The molecule has 120 valence electrons. The normalized spacial score (nSPS) is 25.0. The maximum atomic E-state index is 12.6. The fourth-order valence-corrected chi connectivity index (χ4v) is 3.58. The zero-order valence-electron chi connectivity index (χ0n) is 13.6. The lowest BCUT2D eigenvalue weighted by atomic mass is 9.81. The first-order valence-electron chi connectivity index (χ1n) is 7.86. The first-order chi connectivity index (χ1) is 9.77. The zero-order valence-corrected chi connectivity index (χ0v) is 13.6. The van der Waals surface area contributed by atoms with Crippen molar-refractivity contribution in [2.24, 2.45) is 5.92 Å². The van der Waals surface area contributed by atoms with Crippen molar-refractivity contribution >= 4 is 12.1 Å². The highest BCUT2D eigenvalue weighted by atomic mass is 16.6. The van der Waals surface area contributed by atoms with Gasteiger partial charge in [-0.25, -0.2) is 4.79 Å². The number of carbonyl (C=O) groups is 2. The molecule has 1 spiro atoms. The molecule has 0 bridgehead atoms. The van der Waals surface area contributed by atoms with Crippen LogP contribution >= 0.6 is 0 Å². The maximum absolute atomic E-state index is 12.6. The molecule has 1 atom stereocenters. The third-order valence-corrected chi connectivity index (χ3v) is 4.62. The molecule has 2 rings (SSSR count). The van der Waals surface area contributed by atoms with Crippen LogP contribution in [0.4, 0.5) is 4.79 Å². The van der Waals surface area contributed by atoms with Gasteiger partial charge in [-0.3, -0.25) is 4.79 Å². The Morgan fingerprint density at radius 3 is 2.29 bits per heavy atom. The van der Waals surface area contributed by atoms with E-state index in [1.54, 1.807) is 0 Å². The van der Waals surface area contributed by atoms with Crippen LogP contribution in [0.15, 0.2) is 0 Å². The lowest BCUT2D eigenvalue weighted by Gasteiger charge is -2.47. The first kappa shape index (κ1) is 16.1. The number of methoxy groups -OCH3 is 1. The summed E-state index contributed by atoms with van der Waals surface area (Å²) in [5, 5.41) is 0. The van der Waals surface area contributed by atoms with Crippen LogP contribution in [0.1, 0.15) is 59.3 Å². The third kappa shape index (κ3) is 3.50. The highest BCUT2D eigenvalue weighted by Crippen LogP contribution is 2.44. The summed E-state index contributed by atoms with van der Waals surface area (Å²) in [6.45, 7) is 6.03. The van der Waals surface area contributed by atoms with Crippen molar-refractivity contribution in [2.75, 3.05) is 13.7 Å². The van der Waals surface area contributed by atoms with Crippen LogP contribution in [0.25, 0.3) is 0 Å². The predicted octanol–water partition coefficient (Wildman–Crippen LogP) is 3.12. The topological polar surface area (TPSA) is 55.8 Å². The smallest absolute Gasteiger partial charge is 0.410 e. The van der Waals surface area contributed by atoms with E-state index in [0.717, 1.165) is 38.5 Å². The Balaban J connectivity index is 2.17. The van der Waals surface area contributed by atoms with E-state index in [1.165, 1.54) is 7.11 Å². The average Bonchev–Trinajstić information content (AvgIpc) is 2.85. The molecule has 1 aliphatic carbocycles. The molecule has 1 saturated heterocycles. The fourth-order valence-electron chi connectivity index (χ4n) is 3.58. The van der Waals surface area contributed by atoms with Gasteiger partial charge in [0.05, 0.1) is 13.0 Å². The molecule has 1 amide bonds. The van der Waals surface area contributed by atoms with E-state index in [4.69, 9.17) is 9.47 Å². The van der Waals surface area contributed by atoms with Gasteiger partial charge in [0.25, 0.3) is 0 Å². The molecule has 21 heavy (non-hydrogen) atoms. The van der Waals surface area contributed by atoms with E-state index >= 15 is 0 Å². The van der Waals surface area contributed by atoms with Crippen LogP contribution in [-0.2, 0) is 14.3 Å². The van der Waals surface area contributed by atoms with E-state index < -0.39 is 5.60 Å². The van der Waals surface area contributed by atoms with Gasteiger partial charge in [0.1, 0.15) is 5.60 Å². The van der Waals surface area contributed by atoms with E-state index in [9.17, 15) is 9.59 Å². The maximum Gasteiger partial charge on any atom is 0.410 e. The van der Waals surface area contributed by atoms with Gasteiger partial charge in [-0.15, -0.1) is 0 Å². The Bertz CT molecular complexity index is 407. The second-order valence-corrected chi connectivity index (χ2v) is 7.28. The minimum atomic E-state index is -0.519. The number of hydrogen-bond acceptors (Lipinski definition) is 4. The molecule has 0 N–H and O–H groups in total. The van der Waals surface area contributed by atoms with Crippen LogP contribution in [0, 0.1) is 5.92 Å². The van der Waals surface area contributed by atoms with Crippen LogP contribution in [0.5, 0.6) is 0 Å². The van der Waals surface area contributed by atoms with Crippen molar-refractivity contribution in [1.29, 1.82) is 0 Å². The summed E-state index contributed by atoms with van der Waals surface area (Å²) in [5.74, 6) is -0.454. The Labute approximate surface area is 127 Å². The van der Waals surface area contributed by atoms with Crippen molar-refractivity contribution < 1.29 is 19.1 Å². The van der Waals surface area contributed by atoms with Gasteiger partial charge in [-0.05, 0) is 46.5 Å². The second kappa shape index (κ2) is 5.85. The predicted molar refractivity (Wildman–Crippen MR) is 78.9 cm³/mol. The van der Waals surface area contributed by atoms with Gasteiger partial charge < -0.3 is 14.4 Å². The Morgan fingerprint density at radius 2 is 1.76 bits per heavy atom. The van der Waals surface area contributed by atoms with E-state index in [-0.39, 0.29) is 23.5 Å². The standard InChI is InChI=1S/C16H27NO4/c1-15(2,3)21-14(19)17-11-12(13(18)20-4)7-10-16(17)8-5-6-9-16/h12H,5-11H2,1-4H3. The van der Waals surface area contributed by atoms with E-state index in [0.29, 0.717) is 6.54 Å². The number of rotatable bonds is 1. The summed E-state index contributed by atoms with van der Waals surface area (Å²) in [4.78, 5) is 26.2. The lowest BCUT2D eigenvalue weighted by molar-refractivity contribution is -0.148. The molecule has 2 fully saturated rings. The minimum Gasteiger partial charge on any atom is -0.469 e. The number of piperidine rings is 1. The molecule has 2 aliphatic rings. The average molecular weight is 297 g/mol. The van der Waals surface area contributed by atoms with E-state index in [2.05, 4.69) is 0 Å². The number of ether oxygens (including phenoxy) is 2. The Morgan fingerprint density at radius 1 is 1.14 bits per heavy atom. The molecule has 0 aromatic carbocycles. The van der Waals surface area contributed by atoms with Crippen LogP contribution < -0.4 is 0 Å². The van der Waals surface area contributed by atoms with Crippen LogP contribution in [-0.4, -0.2) is 41.8 Å². The van der Waals surface area contributed by atoms with Crippen molar-refractivity contribution in [3.63, 3.8) is 0 Å². The van der Waals surface area contributed by atoms with Crippen molar-refractivity contribution in [1.82, 2.24) is 4.90 Å². The molecular weight excluding hydrogens is 270 g/mol. The molecule has 0 aromatic rings. The minimum absolute atomic E-state index is 0.104. The Kier molecular flexibility index (Phi) is 4.49. The summed E-state index contributed by atoms with van der Waals surface area (Å²) < 4.78 is 10.4. The molecule has 5 heteroatoms. The van der Waals surface area contributed by atoms with Gasteiger partial charge in [0.2, 0.25) is 0 Å². The summed E-state index contributed by atoms with van der Waals surface area (Å²) in [7, 11) is 1.40. The summed E-state index contributed by atoms with van der Waals surface area (Å²) in [6, 6.07) is 0. The first-order valence-corrected chi connectivity index (χ1v) is 7.86. The SMILES string of the molecule is COC(=O)C1CCC2(CCCC2)N(C(=O)OC(C)(C)C)C1. The van der Waals surface area contributed by atoms with Gasteiger partial charge >= 0.3 is 12.1 Å². The monoisotopic (exact) mass is 297 g/mol. The second-order valence-electron chi connectivity index (χ2n) is 7.28. The number of amides is 1. The highest BCUT2D eigenvalue weighted by Gasteiger charge is 2.48. The largest absolute Gasteiger partial charge is 0.469 e. The highest BCUT2D eigenvalue weighted by molar-refractivity contribution is 5.75. The lowest BCUT2D eigenvalue weighted by Crippen LogP contribution is -2.57. The van der Waals surface area contributed by atoms with Gasteiger partial charge in [0, 0.05) is 12.1 Å². The summed E-state index contributed by atoms with van der Waals surface area (Å²) in [5.41, 5.74) is -0.623.